The Morgan fingerprint density at radius 2 is 1.27 bits per heavy atom. The second kappa shape index (κ2) is 6.81. The summed E-state index contributed by atoms with van der Waals surface area (Å²) < 4.78 is 3.19. The first-order valence-electron chi connectivity index (χ1n) is 9.74. The number of para-hydroxylation sites is 1. The Labute approximate surface area is 172 Å². The van der Waals surface area contributed by atoms with Gasteiger partial charge in [-0.25, -0.2) is 0 Å². The van der Waals surface area contributed by atoms with Gasteiger partial charge in [-0.1, -0.05) is 35.9 Å². The minimum Gasteiger partial charge on any atom is -0.284 e. The third-order valence-electron chi connectivity index (χ3n) is 5.43. The topological polar surface area (TPSA) is 56.9 Å². The van der Waals surface area contributed by atoms with Crippen molar-refractivity contribution in [2.24, 2.45) is 0 Å². The first kappa shape index (κ1) is 18.1. The molecule has 146 valence electrons. The second-order valence-electron chi connectivity index (χ2n) is 7.40. The molecule has 30 heavy (non-hydrogen) atoms. The number of rotatable bonds is 2. The van der Waals surface area contributed by atoms with Gasteiger partial charge in [0.25, 0.3) is 11.1 Å². The fraction of sp³-hybridized carbons (Fsp3) is 0.0800. The zero-order chi connectivity index (χ0) is 20.8. The SMILES string of the molecule is Cc1ccc(-n2ccc3c(c(C)nc4ccn(-c5ccccc5)c(=O)c43)c2=O)cc1. The van der Waals surface area contributed by atoms with E-state index in [1.54, 1.807) is 21.5 Å². The lowest BCUT2D eigenvalue weighted by Crippen LogP contribution is -2.22. The smallest absolute Gasteiger partial charge is 0.265 e. The lowest BCUT2D eigenvalue weighted by molar-refractivity contribution is 0.995. The predicted molar refractivity (Wildman–Crippen MR) is 120 cm³/mol. The summed E-state index contributed by atoms with van der Waals surface area (Å²) in [7, 11) is 0. The van der Waals surface area contributed by atoms with E-state index >= 15 is 0 Å². The molecule has 0 aliphatic carbocycles. The monoisotopic (exact) mass is 393 g/mol. The molecule has 0 fully saturated rings. The van der Waals surface area contributed by atoms with Crippen LogP contribution >= 0.6 is 0 Å². The summed E-state index contributed by atoms with van der Waals surface area (Å²) in [5.74, 6) is 0. The first-order chi connectivity index (χ1) is 14.5. The van der Waals surface area contributed by atoms with E-state index in [-0.39, 0.29) is 11.1 Å². The zero-order valence-electron chi connectivity index (χ0n) is 16.7. The van der Waals surface area contributed by atoms with Crippen molar-refractivity contribution in [1.82, 2.24) is 14.1 Å². The lowest BCUT2D eigenvalue weighted by atomic mass is 10.1. The predicted octanol–water partition coefficient (Wildman–Crippen LogP) is 4.31. The van der Waals surface area contributed by atoms with Gasteiger partial charge in [-0.15, -0.1) is 0 Å². The molecule has 0 radical (unpaired) electrons. The minimum atomic E-state index is -0.191. The van der Waals surface area contributed by atoms with E-state index in [1.807, 2.05) is 80.6 Å². The highest BCUT2D eigenvalue weighted by molar-refractivity contribution is 6.05. The van der Waals surface area contributed by atoms with Gasteiger partial charge in [0.2, 0.25) is 0 Å². The van der Waals surface area contributed by atoms with Gasteiger partial charge in [-0.05, 0) is 50.2 Å². The number of benzene rings is 2. The Bertz CT molecular complexity index is 1530. The number of hydrogen-bond donors (Lipinski definition) is 0. The minimum absolute atomic E-state index is 0.183. The number of nitrogens with zero attached hydrogens (tertiary/aromatic N) is 3. The van der Waals surface area contributed by atoms with Gasteiger partial charge in [-0.3, -0.25) is 23.7 Å². The molecule has 5 heteroatoms. The van der Waals surface area contributed by atoms with E-state index in [0.717, 1.165) is 16.9 Å². The Kier molecular flexibility index (Phi) is 4.10. The molecule has 0 unspecified atom stereocenters. The standard InChI is InChI=1S/C25H19N3O2/c1-16-8-10-19(11-9-16)27-14-12-20-22(24(27)29)17(2)26-21-13-15-28(25(30)23(20)21)18-6-4-3-5-7-18/h3-15H,1-2H3. The van der Waals surface area contributed by atoms with E-state index in [1.165, 1.54) is 0 Å². The summed E-state index contributed by atoms with van der Waals surface area (Å²) in [6.07, 6.45) is 3.46. The quantitative estimate of drug-likeness (QED) is 0.420. The highest BCUT2D eigenvalue weighted by Crippen LogP contribution is 2.22. The van der Waals surface area contributed by atoms with Crippen LogP contribution in [0.3, 0.4) is 0 Å². The number of fused-ring (bicyclic) bond motifs is 3. The van der Waals surface area contributed by atoms with Crippen molar-refractivity contribution in [1.29, 1.82) is 0 Å². The largest absolute Gasteiger partial charge is 0.284 e. The van der Waals surface area contributed by atoms with Gasteiger partial charge in [0, 0.05) is 29.2 Å². The van der Waals surface area contributed by atoms with Crippen LogP contribution < -0.4 is 11.1 Å². The average molecular weight is 393 g/mol. The molecule has 0 aliphatic rings. The van der Waals surface area contributed by atoms with Gasteiger partial charge >= 0.3 is 0 Å². The van der Waals surface area contributed by atoms with Crippen molar-refractivity contribution in [2.75, 3.05) is 0 Å². The fourth-order valence-electron chi connectivity index (χ4n) is 3.90. The molecular weight excluding hydrogens is 374 g/mol. The van der Waals surface area contributed by atoms with Crippen molar-refractivity contribution in [2.45, 2.75) is 13.8 Å². The third kappa shape index (κ3) is 2.75. The van der Waals surface area contributed by atoms with Gasteiger partial charge in [-0.2, -0.15) is 0 Å². The van der Waals surface area contributed by atoms with Crippen LogP contribution in [0.2, 0.25) is 0 Å². The van der Waals surface area contributed by atoms with Gasteiger partial charge in [0.15, 0.2) is 0 Å². The normalized spacial score (nSPS) is 11.3. The van der Waals surface area contributed by atoms with Crippen molar-refractivity contribution < 1.29 is 0 Å². The number of hydrogen-bond acceptors (Lipinski definition) is 3. The molecule has 5 nitrogen and oxygen atoms in total. The van der Waals surface area contributed by atoms with E-state index in [0.29, 0.717) is 27.4 Å². The number of aryl methyl sites for hydroxylation is 2. The molecule has 2 aromatic carbocycles. The molecular formula is C25H19N3O2. The molecule has 3 aromatic heterocycles. The van der Waals surface area contributed by atoms with Crippen LogP contribution in [0, 0.1) is 13.8 Å². The molecule has 0 saturated heterocycles. The molecule has 0 bridgehead atoms. The number of pyridine rings is 3. The molecule has 0 saturated carbocycles. The molecule has 0 amide bonds. The zero-order valence-corrected chi connectivity index (χ0v) is 16.7. The van der Waals surface area contributed by atoms with Crippen LogP contribution in [0.4, 0.5) is 0 Å². The first-order valence-corrected chi connectivity index (χ1v) is 9.74. The highest BCUT2D eigenvalue weighted by Gasteiger charge is 2.15. The maximum Gasteiger partial charge on any atom is 0.265 e. The van der Waals surface area contributed by atoms with Crippen molar-refractivity contribution in [3.05, 3.63) is 111 Å². The second-order valence-corrected chi connectivity index (χ2v) is 7.40. The Morgan fingerprint density at radius 3 is 1.97 bits per heavy atom. The van der Waals surface area contributed by atoms with E-state index in [2.05, 4.69) is 4.98 Å². The van der Waals surface area contributed by atoms with E-state index < -0.39 is 0 Å². The molecule has 0 N–H and O–H groups in total. The summed E-state index contributed by atoms with van der Waals surface area (Å²) >= 11 is 0. The summed E-state index contributed by atoms with van der Waals surface area (Å²) in [6, 6.07) is 20.9. The molecule has 0 spiro atoms. The number of aromatic nitrogens is 3. The van der Waals surface area contributed by atoms with Gasteiger partial charge in [0.1, 0.15) is 0 Å². The fourth-order valence-corrected chi connectivity index (χ4v) is 3.90. The Balaban J connectivity index is 1.85. The molecule has 0 atom stereocenters. The van der Waals surface area contributed by atoms with Crippen LogP contribution in [0.25, 0.3) is 33.1 Å². The molecule has 0 aliphatic heterocycles. The molecule has 5 rings (SSSR count). The van der Waals surface area contributed by atoms with Crippen LogP contribution in [0.1, 0.15) is 11.3 Å². The lowest BCUT2D eigenvalue weighted by Gasteiger charge is -2.12. The highest BCUT2D eigenvalue weighted by atomic mass is 16.1. The molecule has 5 aromatic rings. The summed E-state index contributed by atoms with van der Waals surface area (Å²) in [5, 5.41) is 1.55. The summed E-state index contributed by atoms with van der Waals surface area (Å²) in [5.41, 5.74) is 3.50. The van der Waals surface area contributed by atoms with Gasteiger partial charge < -0.3 is 0 Å². The maximum atomic E-state index is 13.4. The summed E-state index contributed by atoms with van der Waals surface area (Å²) in [6.45, 7) is 3.82. The van der Waals surface area contributed by atoms with Crippen molar-refractivity contribution in [3.8, 4) is 11.4 Å². The van der Waals surface area contributed by atoms with Crippen LogP contribution in [-0.4, -0.2) is 14.1 Å². The Morgan fingerprint density at radius 1 is 0.667 bits per heavy atom. The van der Waals surface area contributed by atoms with Crippen LogP contribution in [0.15, 0.2) is 88.7 Å². The molecule has 3 heterocycles. The van der Waals surface area contributed by atoms with Crippen molar-refractivity contribution in [3.63, 3.8) is 0 Å². The Hall–Kier alpha value is -3.99. The van der Waals surface area contributed by atoms with E-state index in [4.69, 9.17) is 0 Å². The van der Waals surface area contributed by atoms with Gasteiger partial charge in [0.05, 0.1) is 22.0 Å². The third-order valence-corrected chi connectivity index (χ3v) is 5.43. The average Bonchev–Trinajstić information content (AvgIpc) is 2.75. The van der Waals surface area contributed by atoms with E-state index in [9.17, 15) is 9.59 Å². The van der Waals surface area contributed by atoms with Crippen LogP contribution in [-0.2, 0) is 0 Å². The summed E-state index contributed by atoms with van der Waals surface area (Å²) in [4.78, 5) is 31.3. The van der Waals surface area contributed by atoms with Crippen LogP contribution in [0.5, 0.6) is 0 Å². The van der Waals surface area contributed by atoms with Crippen molar-refractivity contribution >= 4 is 21.7 Å². The maximum absolute atomic E-state index is 13.4.